The van der Waals surface area contributed by atoms with Gasteiger partial charge in [0.1, 0.15) is 0 Å². The Morgan fingerprint density at radius 1 is 0.431 bits per heavy atom. The molecule has 4 heteroatoms. The minimum atomic E-state index is -3.50. The molecule has 0 spiro atoms. The summed E-state index contributed by atoms with van der Waals surface area (Å²) in [6.07, 6.45) is 0. The summed E-state index contributed by atoms with van der Waals surface area (Å²) in [4.78, 5) is 0. The molecule has 3 heterocycles. The van der Waals surface area contributed by atoms with Gasteiger partial charge in [0.2, 0.25) is 0 Å². The highest BCUT2D eigenvalue weighted by Crippen LogP contribution is 2.47. The fourth-order valence-corrected chi connectivity index (χ4v) is 15.2. The lowest BCUT2D eigenvalue weighted by atomic mass is 10.1. The highest BCUT2D eigenvalue weighted by Gasteiger charge is 2.41. The summed E-state index contributed by atoms with van der Waals surface area (Å²) in [6.45, 7) is 0. The molecule has 9 aromatic carbocycles. The lowest BCUT2D eigenvalue weighted by molar-refractivity contribution is 1.18. The zero-order valence-electron chi connectivity index (χ0n) is 35.3. The second-order valence-electron chi connectivity index (χ2n) is 14.9. The first-order chi connectivity index (χ1) is 30.5. The van der Waals surface area contributed by atoms with E-state index >= 15 is 0 Å². The van der Waals surface area contributed by atoms with Gasteiger partial charge < -0.3 is 9.13 Å². The zero-order valence-corrected chi connectivity index (χ0v) is 33.1. The molecule has 0 aliphatic heterocycles. The standard InChI is InChI=1S/C54H36N2SSi/c1-4-20-38(21-5-1)58(39-22-6-2-7-23-39,40-24-8-3-9-25-40)41-26-18-19-37(35-41)55-47-31-14-12-29-44(47)46-36-50(54-52(53(46)55)45-30-13-17-34-51(45)57-54)56-48-32-15-10-27-42(48)43-28-11-16-33-49(43)56/h1-36H/i18D,19D,26D,35D. The molecule has 0 fully saturated rings. The molecule has 58 heavy (non-hydrogen) atoms. The van der Waals surface area contributed by atoms with Crippen LogP contribution in [0.2, 0.25) is 0 Å². The lowest BCUT2D eigenvalue weighted by Crippen LogP contribution is -2.74. The van der Waals surface area contributed by atoms with Crippen LogP contribution >= 0.6 is 11.3 Å². The summed E-state index contributed by atoms with van der Waals surface area (Å²) >= 11 is 1.76. The van der Waals surface area contributed by atoms with Crippen LogP contribution in [0, 0.1) is 0 Å². The average Bonchev–Trinajstić information content (AvgIpc) is 3.99. The number of fused-ring (bicyclic) bond motifs is 10. The van der Waals surface area contributed by atoms with Crippen LogP contribution in [0.25, 0.3) is 75.2 Å². The largest absolute Gasteiger partial charge is 0.309 e. The van der Waals surface area contributed by atoms with Gasteiger partial charge in [-0.2, -0.15) is 0 Å². The number of para-hydroxylation sites is 3. The first-order valence-corrected chi connectivity index (χ1v) is 22.4. The number of hydrogen-bond donors (Lipinski definition) is 0. The molecule has 12 rings (SSSR count). The molecule has 0 aliphatic carbocycles. The fraction of sp³-hybridized carbons (Fsp3) is 0. The van der Waals surface area contributed by atoms with Crippen molar-refractivity contribution in [3.63, 3.8) is 0 Å². The van der Waals surface area contributed by atoms with E-state index in [4.69, 9.17) is 0 Å². The molecule has 0 unspecified atom stereocenters. The Kier molecular flexibility index (Phi) is 6.58. The van der Waals surface area contributed by atoms with Crippen LogP contribution in [0.1, 0.15) is 5.48 Å². The van der Waals surface area contributed by atoms with Crippen molar-refractivity contribution in [2.45, 2.75) is 0 Å². The third kappa shape index (κ3) is 4.70. The first-order valence-electron chi connectivity index (χ1n) is 21.6. The fourth-order valence-electron chi connectivity index (χ4n) is 9.53. The molecule has 0 amide bonds. The van der Waals surface area contributed by atoms with E-state index in [2.05, 4.69) is 143 Å². The summed E-state index contributed by atoms with van der Waals surface area (Å²) in [7, 11) is -3.50. The first kappa shape index (κ1) is 29.3. The normalized spacial score (nSPS) is 13.1. The van der Waals surface area contributed by atoms with Gasteiger partial charge >= 0.3 is 0 Å². The predicted molar refractivity (Wildman–Crippen MR) is 252 cm³/mol. The van der Waals surface area contributed by atoms with E-state index in [1.165, 1.54) is 10.8 Å². The number of aromatic nitrogens is 2. The van der Waals surface area contributed by atoms with Gasteiger partial charge in [-0.25, -0.2) is 0 Å². The molecular formula is C54H36N2SSi. The Morgan fingerprint density at radius 2 is 0.897 bits per heavy atom. The molecule has 0 saturated heterocycles. The van der Waals surface area contributed by atoms with E-state index in [9.17, 15) is 5.48 Å². The van der Waals surface area contributed by atoms with Gasteiger partial charge in [-0.15, -0.1) is 11.3 Å². The zero-order chi connectivity index (χ0) is 41.7. The number of thiophene rings is 1. The Morgan fingerprint density at radius 3 is 1.47 bits per heavy atom. The predicted octanol–water partition coefficient (Wildman–Crippen LogP) is 11.6. The van der Waals surface area contributed by atoms with Gasteiger partial charge in [0, 0.05) is 42.7 Å². The average molecular weight is 777 g/mol. The monoisotopic (exact) mass is 776 g/mol. The van der Waals surface area contributed by atoms with Crippen molar-refractivity contribution in [2.75, 3.05) is 0 Å². The van der Waals surface area contributed by atoms with Crippen molar-refractivity contribution >= 4 is 104 Å². The summed E-state index contributed by atoms with van der Waals surface area (Å²) in [5.41, 5.74) is 5.35. The van der Waals surface area contributed by atoms with Gasteiger partial charge in [0.05, 0.1) is 37.9 Å². The second-order valence-corrected chi connectivity index (χ2v) is 19.7. The second kappa shape index (κ2) is 13.0. The van der Waals surface area contributed by atoms with Gasteiger partial charge in [0.15, 0.2) is 8.07 Å². The van der Waals surface area contributed by atoms with Crippen molar-refractivity contribution in [3.05, 3.63) is 218 Å². The van der Waals surface area contributed by atoms with E-state index in [1.54, 1.807) is 11.3 Å². The lowest BCUT2D eigenvalue weighted by Gasteiger charge is -2.34. The number of benzene rings is 9. The van der Waals surface area contributed by atoms with Crippen molar-refractivity contribution in [1.82, 2.24) is 9.13 Å². The third-order valence-corrected chi connectivity index (χ3v) is 17.7. The molecular weight excluding hydrogens is 737 g/mol. The highest BCUT2D eigenvalue weighted by atomic mass is 32.1. The van der Waals surface area contributed by atoms with Crippen LogP contribution in [0.15, 0.2) is 218 Å². The third-order valence-electron chi connectivity index (χ3n) is 11.9. The molecule has 0 bridgehead atoms. The molecule has 2 nitrogen and oxygen atoms in total. The summed E-state index contributed by atoms with van der Waals surface area (Å²) in [5.74, 6) is 0. The highest BCUT2D eigenvalue weighted by molar-refractivity contribution is 7.26. The van der Waals surface area contributed by atoms with Crippen LogP contribution in [-0.4, -0.2) is 17.2 Å². The number of hydrogen-bond acceptors (Lipinski definition) is 1. The molecule has 0 atom stereocenters. The summed E-state index contributed by atoms with van der Waals surface area (Å²) in [5, 5.41) is 10.00. The Bertz CT molecular complexity index is 3600. The van der Waals surface area contributed by atoms with Crippen LogP contribution in [0.3, 0.4) is 0 Å². The van der Waals surface area contributed by atoms with Crippen LogP contribution in [0.4, 0.5) is 0 Å². The van der Waals surface area contributed by atoms with Crippen LogP contribution in [0.5, 0.6) is 0 Å². The molecule has 12 aromatic rings. The molecule has 0 N–H and O–H groups in total. The maximum absolute atomic E-state index is 10.6. The molecule has 0 saturated carbocycles. The molecule has 0 radical (unpaired) electrons. The minimum Gasteiger partial charge on any atom is -0.309 e. The van der Waals surface area contributed by atoms with E-state index in [-0.39, 0.29) is 24.2 Å². The van der Waals surface area contributed by atoms with Crippen LogP contribution in [-0.2, 0) is 0 Å². The quantitative estimate of drug-likeness (QED) is 0.118. The summed E-state index contributed by atoms with van der Waals surface area (Å²) < 4.78 is 46.8. The SMILES string of the molecule is [2H]c1c([2H])c(-n2c3ccccc3c3cc(-n4c5ccccc5c5ccccc54)c4sc5ccccc5c4c32)c([2H])c([Si](c2ccccc2)(c2ccccc2)c2ccccc2)c1[2H]. The van der Waals surface area contributed by atoms with Gasteiger partial charge in [0.25, 0.3) is 0 Å². The molecule has 3 aromatic heterocycles. The molecule has 272 valence electrons. The van der Waals surface area contributed by atoms with Gasteiger partial charge in [-0.1, -0.05) is 176 Å². The maximum atomic E-state index is 10.6. The number of rotatable bonds is 6. The van der Waals surface area contributed by atoms with Crippen molar-refractivity contribution in [1.29, 1.82) is 0 Å². The van der Waals surface area contributed by atoms with Crippen LogP contribution < -0.4 is 20.7 Å². The van der Waals surface area contributed by atoms with Crippen molar-refractivity contribution < 1.29 is 5.48 Å². The van der Waals surface area contributed by atoms with E-state index < -0.39 is 8.07 Å². The molecule has 0 aliphatic rings. The Hall–Kier alpha value is -6.98. The van der Waals surface area contributed by atoms with Crippen molar-refractivity contribution in [2.24, 2.45) is 0 Å². The minimum absolute atomic E-state index is 0.0764. The Balaban J connectivity index is 1.28. The van der Waals surface area contributed by atoms with E-state index in [1.807, 2.05) is 60.7 Å². The van der Waals surface area contributed by atoms with E-state index in [0.29, 0.717) is 10.9 Å². The number of nitrogens with zero attached hydrogens (tertiary/aromatic N) is 2. The maximum Gasteiger partial charge on any atom is 0.179 e. The summed E-state index contributed by atoms with van der Waals surface area (Å²) in [6, 6.07) is 66.8. The van der Waals surface area contributed by atoms with Gasteiger partial charge in [-0.3, -0.25) is 0 Å². The smallest absolute Gasteiger partial charge is 0.179 e. The Labute approximate surface area is 346 Å². The topological polar surface area (TPSA) is 9.86 Å². The van der Waals surface area contributed by atoms with Gasteiger partial charge in [-0.05, 0) is 63.2 Å². The van der Waals surface area contributed by atoms with Crippen molar-refractivity contribution in [3.8, 4) is 11.4 Å². The van der Waals surface area contributed by atoms with E-state index in [0.717, 1.165) is 74.3 Å².